The predicted octanol–water partition coefficient (Wildman–Crippen LogP) is 0.0483. The van der Waals surface area contributed by atoms with Gasteiger partial charge in [-0.15, -0.1) is 0 Å². The van der Waals surface area contributed by atoms with E-state index in [2.05, 4.69) is 0 Å². The third-order valence-corrected chi connectivity index (χ3v) is 0.553. The number of carbonyl (C=O) groups is 2. The molecule has 0 aliphatic carbocycles. The van der Waals surface area contributed by atoms with Crippen LogP contribution in [0.1, 0.15) is 14.3 Å². The van der Waals surface area contributed by atoms with Crippen LogP contribution < -0.4 is 0 Å². The zero-order valence-electron chi connectivity index (χ0n) is 5.13. The molecule has 0 rings (SSSR count). The Morgan fingerprint density at radius 2 is 1.38 bits per heavy atom. The Morgan fingerprint density at radius 3 is 1.50 bits per heavy atom. The van der Waals surface area contributed by atoms with Crippen LogP contribution in [0.25, 0.3) is 0 Å². The summed E-state index contributed by atoms with van der Waals surface area (Å²) in [5.74, 6) is -2.15. The zero-order valence-corrected chi connectivity index (χ0v) is 4.13. The second-order valence-electron chi connectivity index (χ2n) is 1.29. The summed E-state index contributed by atoms with van der Waals surface area (Å²) in [6.07, 6.45) is -0.593. The fourth-order valence-corrected chi connectivity index (χ4v) is 0.214. The fourth-order valence-electron chi connectivity index (χ4n) is 0.214. The van der Waals surface area contributed by atoms with Crippen molar-refractivity contribution in [2.45, 2.75) is 12.8 Å². The number of hydrogen-bond donors (Lipinski definition) is 2. The van der Waals surface area contributed by atoms with Crippen LogP contribution in [0.15, 0.2) is 0 Å². The van der Waals surface area contributed by atoms with E-state index in [1.807, 2.05) is 0 Å². The van der Waals surface area contributed by atoms with Crippen molar-refractivity contribution in [1.82, 2.24) is 0 Å². The summed E-state index contributed by atoms with van der Waals surface area (Å²) in [6, 6.07) is 0. The maximum atomic E-state index is 9.64. The molecule has 0 heterocycles. The summed E-state index contributed by atoms with van der Waals surface area (Å²) in [5, 5.41) is 15.8. The van der Waals surface area contributed by atoms with E-state index in [9.17, 15) is 9.59 Å². The summed E-state index contributed by atoms with van der Waals surface area (Å²) in [4.78, 5) is 19.3. The summed E-state index contributed by atoms with van der Waals surface area (Å²) in [7, 11) is 0. The van der Waals surface area contributed by atoms with Crippen LogP contribution in [0.4, 0.5) is 0 Å². The molecule has 4 heteroatoms. The highest BCUT2D eigenvalue weighted by atomic mass is 16.4. The van der Waals surface area contributed by atoms with Crippen molar-refractivity contribution in [3.8, 4) is 0 Å². The second-order valence-corrected chi connectivity index (χ2v) is 1.29. The van der Waals surface area contributed by atoms with Gasteiger partial charge in [-0.3, -0.25) is 9.59 Å². The first-order valence-electron chi connectivity index (χ1n) is 2.06. The first kappa shape index (κ1) is 6.94. The third kappa shape index (κ3) is 4.94. The quantitative estimate of drug-likeness (QED) is 0.550. The van der Waals surface area contributed by atoms with Gasteiger partial charge in [-0.25, -0.2) is 0 Å². The molecule has 0 aromatic heterocycles. The van der Waals surface area contributed by atoms with Gasteiger partial charge in [-0.05, 0) is 0 Å². The summed E-state index contributed by atoms with van der Waals surface area (Å²) in [6.45, 7) is 0. The predicted molar refractivity (Wildman–Crippen MR) is 25.6 cm³/mol. The molecule has 4 nitrogen and oxygen atoms in total. The Bertz CT molecular complexity index is 97.1. The minimum absolute atomic E-state index is 0. The van der Waals surface area contributed by atoms with Gasteiger partial charge in [0, 0.05) is 1.43 Å². The molecule has 0 saturated heterocycles. The van der Waals surface area contributed by atoms with E-state index in [1.165, 1.54) is 0 Å². The Kier molecular flexibility index (Phi) is 2.61. The molecule has 47 valence electrons. The average Bonchev–Trinajstić information content (AvgIpc) is 1.61. The number of aliphatic carboxylic acids is 2. The zero-order chi connectivity index (χ0) is 6.57. The van der Waals surface area contributed by atoms with Crippen LogP contribution in [0.5, 0.6) is 0 Å². The molecule has 0 aromatic rings. The summed E-state index contributed by atoms with van der Waals surface area (Å²) in [5.41, 5.74) is 0. The van der Waals surface area contributed by atoms with E-state index in [4.69, 9.17) is 10.2 Å². The van der Waals surface area contributed by atoms with Crippen LogP contribution in [0.2, 0.25) is 0 Å². The van der Waals surface area contributed by atoms with Gasteiger partial charge in [0.25, 0.3) is 0 Å². The van der Waals surface area contributed by atoms with Crippen LogP contribution in [0, 0.1) is 0 Å². The highest BCUT2D eigenvalue weighted by molar-refractivity contribution is 5.75. The minimum Gasteiger partial charge on any atom is -0.481 e. The van der Waals surface area contributed by atoms with Gasteiger partial charge in [-0.1, -0.05) is 0 Å². The normalized spacial score (nSPS) is 8.50. The molecule has 2 N–H and O–H groups in total. The van der Waals surface area contributed by atoms with Gasteiger partial charge in [0.2, 0.25) is 0 Å². The van der Waals surface area contributed by atoms with Crippen molar-refractivity contribution in [2.24, 2.45) is 0 Å². The molecule has 0 spiro atoms. The van der Waals surface area contributed by atoms with Crippen molar-refractivity contribution in [3.63, 3.8) is 0 Å². The molecule has 0 aromatic carbocycles. The molecule has 0 unspecified atom stereocenters. The summed E-state index contributed by atoms with van der Waals surface area (Å²) < 4.78 is 0. The number of rotatable bonds is 3. The Balaban J connectivity index is 0. The molecule has 0 amide bonds. The van der Waals surface area contributed by atoms with Crippen LogP contribution in [-0.4, -0.2) is 22.2 Å². The third-order valence-electron chi connectivity index (χ3n) is 0.553. The highest BCUT2D eigenvalue weighted by Crippen LogP contribution is 1.85. The molecule has 0 aliphatic heterocycles. The van der Waals surface area contributed by atoms with Crippen molar-refractivity contribution in [3.05, 3.63) is 0 Å². The van der Waals surface area contributed by atoms with E-state index >= 15 is 0 Å². The molecule has 0 atom stereocenters. The Morgan fingerprint density at radius 1 is 1.12 bits per heavy atom. The average molecular weight is 119 g/mol. The van der Waals surface area contributed by atoms with Gasteiger partial charge >= 0.3 is 11.9 Å². The lowest BCUT2D eigenvalue weighted by atomic mass is 10.3. The first-order valence-corrected chi connectivity index (χ1v) is 2.06. The van der Waals surface area contributed by atoms with Crippen molar-refractivity contribution < 1.29 is 21.2 Å². The van der Waals surface area contributed by atoms with Crippen molar-refractivity contribution >= 4 is 11.9 Å². The lowest BCUT2D eigenvalue weighted by Gasteiger charge is -1.85. The Labute approximate surface area is 47.2 Å². The van der Waals surface area contributed by atoms with E-state index in [1.54, 1.807) is 0 Å². The van der Waals surface area contributed by atoms with E-state index in [0.29, 0.717) is 0 Å². The van der Waals surface area contributed by atoms with E-state index < -0.39 is 11.9 Å². The summed E-state index contributed by atoms with van der Waals surface area (Å²) >= 11 is 0. The standard InChI is InChI=1S/C4H6O4.H/c5-3(6)1-2-4(7)8;/h1-2H2,(H,5,6)(H,7,8);. The molecular weight excluding hydrogens is 112 g/mol. The maximum Gasteiger partial charge on any atom is 0.303 e. The van der Waals surface area contributed by atoms with Gasteiger partial charge in [0.15, 0.2) is 0 Å². The number of hydrogen-bond acceptors (Lipinski definition) is 2. The van der Waals surface area contributed by atoms with Crippen LogP contribution in [-0.2, 0) is 9.59 Å². The molecule has 1 radical (unpaired) electrons. The van der Waals surface area contributed by atoms with Gasteiger partial charge in [0.05, 0.1) is 12.8 Å². The monoisotopic (exact) mass is 119 g/mol. The molecule has 0 fully saturated rings. The lowest BCUT2D eigenvalue weighted by molar-refractivity contribution is -0.143. The smallest absolute Gasteiger partial charge is 0.303 e. The van der Waals surface area contributed by atoms with Crippen molar-refractivity contribution in [1.29, 1.82) is 0 Å². The number of carboxylic acids is 2. The molecule has 0 aliphatic rings. The van der Waals surface area contributed by atoms with E-state index in [0.717, 1.165) is 0 Å². The molecule has 0 saturated carbocycles. The van der Waals surface area contributed by atoms with Crippen LogP contribution >= 0.6 is 0 Å². The SMILES string of the molecule is O=C(O)CCC(=O)O.[H]. The molecule has 8 heavy (non-hydrogen) atoms. The Hall–Kier alpha value is -1.06. The minimum atomic E-state index is -1.08. The number of carboxylic acid groups (broad SMARTS) is 2. The highest BCUT2D eigenvalue weighted by Gasteiger charge is 2.00. The largest absolute Gasteiger partial charge is 0.481 e. The lowest BCUT2D eigenvalue weighted by Crippen LogP contribution is -2.00. The first-order chi connectivity index (χ1) is 3.63. The molecule has 0 bridgehead atoms. The topological polar surface area (TPSA) is 74.6 Å². The van der Waals surface area contributed by atoms with Gasteiger partial charge in [0.1, 0.15) is 0 Å². The van der Waals surface area contributed by atoms with Crippen LogP contribution in [0.3, 0.4) is 0 Å². The van der Waals surface area contributed by atoms with E-state index in [-0.39, 0.29) is 14.3 Å². The second kappa shape index (κ2) is 3.01. The van der Waals surface area contributed by atoms with Gasteiger partial charge in [-0.2, -0.15) is 0 Å². The fraction of sp³-hybridized carbons (Fsp3) is 0.500. The van der Waals surface area contributed by atoms with Gasteiger partial charge < -0.3 is 10.2 Å². The molecular formula is C4H7O4. The maximum absolute atomic E-state index is 9.64. The van der Waals surface area contributed by atoms with Crippen molar-refractivity contribution in [2.75, 3.05) is 0 Å².